The maximum Gasteiger partial charge on any atom is 0.351 e. The molecule has 0 bridgehead atoms. The van der Waals surface area contributed by atoms with Gasteiger partial charge in [0.15, 0.2) is 5.72 Å². The minimum absolute atomic E-state index is 0.0531. The lowest BCUT2D eigenvalue weighted by atomic mass is 10.0. The van der Waals surface area contributed by atoms with Gasteiger partial charge < -0.3 is 25.8 Å². The van der Waals surface area contributed by atoms with E-state index in [1.165, 1.54) is 24.0 Å². The molecule has 1 aromatic rings. The van der Waals surface area contributed by atoms with Crippen LogP contribution in [-0.2, 0) is 10.5 Å². The Morgan fingerprint density at radius 2 is 2.30 bits per heavy atom. The lowest BCUT2D eigenvalue weighted by Crippen LogP contribution is -2.52. The van der Waals surface area contributed by atoms with Crippen molar-refractivity contribution in [2.24, 2.45) is 0 Å². The third-order valence-electron chi connectivity index (χ3n) is 3.29. The van der Waals surface area contributed by atoms with E-state index in [4.69, 9.17) is 10.5 Å². The van der Waals surface area contributed by atoms with E-state index in [1.807, 2.05) is 0 Å². The monoisotopic (exact) mass is 303 g/mol. The molecule has 0 saturated carbocycles. The molecule has 0 radical (unpaired) electrons. The Labute approximate surface area is 119 Å². The van der Waals surface area contributed by atoms with E-state index in [1.54, 1.807) is 6.26 Å². The van der Waals surface area contributed by atoms with Crippen LogP contribution >= 0.6 is 11.8 Å². The first-order valence-electron chi connectivity index (χ1n) is 5.95. The number of rotatable bonds is 4. The normalized spacial score (nSPS) is 33.5. The van der Waals surface area contributed by atoms with Crippen LogP contribution in [0.1, 0.15) is 0 Å². The molecule has 1 aliphatic rings. The number of nitrogen functional groups attached to an aromatic ring is 1. The van der Waals surface area contributed by atoms with E-state index in [9.17, 15) is 20.1 Å². The highest BCUT2D eigenvalue weighted by Gasteiger charge is 2.55. The molecule has 1 aromatic heterocycles. The second-order valence-corrected chi connectivity index (χ2v) is 5.42. The number of nitrogens with two attached hydrogens (primary N) is 1. The molecule has 1 aliphatic heterocycles. The molecule has 0 spiro atoms. The van der Waals surface area contributed by atoms with E-state index in [2.05, 4.69) is 4.98 Å². The van der Waals surface area contributed by atoms with Crippen molar-refractivity contribution in [2.75, 3.05) is 24.3 Å². The van der Waals surface area contributed by atoms with Crippen LogP contribution in [0.4, 0.5) is 5.82 Å². The largest absolute Gasteiger partial charge is 0.394 e. The average Bonchev–Trinajstić information content (AvgIpc) is 2.65. The molecule has 20 heavy (non-hydrogen) atoms. The Bertz CT molecular complexity index is 539. The van der Waals surface area contributed by atoms with Gasteiger partial charge in [0.25, 0.3) is 0 Å². The van der Waals surface area contributed by atoms with Gasteiger partial charge in [-0.25, -0.2) is 4.79 Å². The number of thioether (sulfide) groups is 1. The zero-order chi connectivity index (χ0) is 14.9. The van der Waals surface area contributed by atoms with Crippen LogP contribution in [-0.4, -0.2) is 61.8 Å². The van der Waals surface area contributed by atoms with Crippen LogP contribution in [0, 0.1) is 0 Å². The number of nitrogens with zero attached hydrogens (tertiary/aromatic N) is 2. The summed E-state index contributed by atoms with van der Waals surface area (Å²) in [6, 6.07) is 1.40. The van der Waals surface area contributed by atoms with E-state index >= 15 is 0 Å². The van der Waals surface area contributed by atoms with Crippen LogP contribution in [0.2, 0.25) is 0 Å². The van der Waals surface area contributed by atoms with Crippen LogP contribution in [0.25, 0.3) is 0 Å². The summed E-state index contributed by atoms with van der Waals surface area (Å²) in [5.74, 6) is 0.255. The summed E-state index contributed by atoms with van der Waals surface area (Å²) in [4.78, 5) is 15.6. The Morgan fingerprint density at radius 3 is 2.80 bits per heavy atom. The summed E-state index contributed by atoms with van der Waals surface area (Å²) in [5.41, 5.74) is 3.26. The zero-order valence-corrected chi connectivity index (χ0v) is 11.7. The number of aliphatic hydroxyl groups excluding tert-OH is 3. The van der Waals surface area contributed by atoms with Gasteiger partial charge >= 0.3 is 5.69 Å². The zero-order valence-electron chi connectivity index (χ0n) is 10.8. The molecule has 4 atom stereocenters. The summed E-state index contributed by atoms with van der Waals surface area (Å²) in [6.07, 6.45) is -0.503. The quantitative estimate of drug-likeness (QED) is 0.500. The summed E-state index contributed by atoms with van der Waals surface area (Å²) in [7, 11) is 0. The highest BCUT2D eigenvalue weighted by Crippen LogP contribution is 2.37. The fourth-order valence-electron chi connectivity index (χ4n) is 2.32. The fraction of sp³-hybridized carbons (Fsp3) is 0.636. The molecule has 8 nitrogen and oxygen atoms in total. The van der Waals surface area contributed by atoms with Crippen molar-refractivity contribution in [1.82, 2.24) is 9.55 Å². The van der Waals surface area contributed by atoms with Crippen LogP contribution in [0.5, 0.6) is 0 Å². The second kappa shape index (κ2) is 5.70. The molecule has 0 amide bonds. The van der Waals surface area contributed by atoms with Gasteiger partial charge in [-0.2, -0.15) is 16.7 Å². The Morgan fingerprint density at radius 1 is 1.60 bits per heavy atom. The first kappa shape index (κ1) is 15.3. The first-order valence-corrected chi connectivity index (χ1v) is 7.35. The molecular formula is C11H17N3O5S. The SMILES string of the molecule is CSC[C@@]1(n2ccc(N)nc2=O)O[C@H](CO)[C@@H](O)[C@H]1O. The average molecular weight is 303 g/mol. The molecule has 2 rings (SSSR count). The van der Waals surface area contributed by atoms with Gasteiger partial charge in [-0.05, 0) is 12.3 Å². The third kappa shape index (κ3) is 2.31. The standard InChI is InChI=1S/C11H17N3O5S/c1-20-5-11(9(17)8(16)6(4-15)19-11)14-3-2-7(12)13-10(14)18/h2-3,6,8-9,15-17H,4-5H2,1H3,(H2,12,13,18)/t6-,8-,9-,11-/m1/s1. The van der Waals surface area contributed by atoms with Crippen molar-refractivity contribution in [3.05, 3.63) is 22.7 Å². The van der Waals surface area contributed by atoms with E-state index in [0.29, 0.717) is 0 Å². The van der Waals surface area contributed by atoms with Crippen molar-refractivity contribution in [3.63, 3.8) is 0 Å². The smallest absolute Gasteiger partial charge is 0.351 e. The molecular weight excluding hydrogens is 286 g/mol. The van der Waals surface area contributed by atoms with E-state index < -0.39 is 36.3 Å². The third-order valence-corrected chi connectivity index (χ3v) is 3.99. The van der Waals surface area contributed by atoms with Crippen molar-refractivity contribution in [3.8, 4) is 0 Å². The van der Waals surface area contributed by atoms with Crippen LogP contribution < -0.4 is 11.4 Å². The summed E-state index contributed by atoms with van der Waals surface area (Å²) in [5, 5.41) is 29.4. The summed E-state index contributed by atoms with van der Waals surface area (Å²) in [6.45, 7) is -0.467. The van der Waals surface area contributed by atoms with Crippen molar-refractivity contribution < 1.29 is 20.1 Å². The maximum absolute atomic E-state index is 12.0. The van der Waals surface area contributed by atoms with Gasteiger partial charge in [0.1, 0.15) is 24.1 Å². The predicted octanol–water partition coefficient (Wildman–Crippen LogP) is -2.05. The number of hydrogen-bond donors (Lipinski definition) is 4. The Balaban J connectivity index is 2.53. The number of anilines is 1. The topological polar surface area (TPSA) is 131 Å². The molecule has 0 unspecified atom stereocenters. The van der Waals surface area contributed by atoms with Crippen LogP contribution in [0.15, 0.2) is 17.1 Å². The number of ether oxygens (including phenoxy) is 1. The van der Waals surface area contributed by atoms with Gasteiger partial charge in [0.05, 0.1) is 6.61 Å². The lowest BCUT2D eigenvalue weighted by molar-refractivity contribution is -0.133. The number of hydrogen-bond acceptors (Lipinski definition) is 8. The molecule has 1 fully saturated rings. The van der Waals surface area contributed by atoms with Gasteiger partial charge in [0.2, 0.25) is 0 Å². The molecule has 2 heterocycles. The highest BCUT2D eigenvalue weighted by atomic mass is 32.2. The minimum atomic E-state index is -1.48. The molecule has 0 aromatic carbocycles. The van der Waals surface area contributed by atoms with Crippen molar-refractivity contribution in [2.45, 2.75) is 24.0 Å². The maximum atomic E-state index is 12.0. The molecule has 112 valence electrons. The van der Waals surface area contributed by atoms with E-state index in [-0.39, 0.29) is 11.6 Å². The van der Waals surface area contributed by atoms with Crippen molar-refractivity contribution in [1.29, 1.82) is 0 Å². The van der Waals surface area contributed by atoms with Gasteiger partial charge in [0, 0.05) is 11.9 Å². The molecule has 5 N–H and O–H groups in total. The van der Waals surface area contributed by atoms with Gasteiger partial charge in [-0.15, -0.1) is 0 Å². The first-order chi connectivity index (χ1) is 9.46. The van der Waals surface area contributed by atoms with Crippen molar-refractivity contribution >= 4 is 17.6 Å². The second-order valence-electron chi connectivity index (χ2n) is 4.56. The van der Waals surface area contributed by atoms with Crippen LogP contribution in [0.3, 0.4) is 0 Å². The predicted molar refractivity (Wildman–Crippen MR) is 73.2 cm³/mol. The minimum Gasteiger partial charge on any atom is -0.394 e. The van der Waals surface area contributed by atoms with Gasteiger partial charge in [-0.1, -0.05) is 0 Å². The summed E-state index contributed by atoms with van der Waals surface area (Å²) < 4.78 is 6.68. The molecule has 9 heteroatoms. The number of aliphatic hydroxyl groups is 3. The van der Waals surface area contributed by atoms with E-state index in [0.717, 1.165) is 4.57 Å². The molecule has 1 saturated heterocycles. The van der Waals surface area contributed by atoms with Gasteiger partial charge in [-0.3, -0.25) is 4.57 Å². The Kier molecular flexibility index (Phi) is 4.35. The molecule has 0 aliphatic carbocycles. The number of aromatic nitrogens is 2. The summed E-state index contributed by atoms with van der Waals surface area (Å²) >= 11 is 1.33. The lowest BCUT2D eigenvalue weighted by Gasteiger charge is -2.33. The fourth-order valence-corrected chi connectivity index (χ4v) is 3.11. The Hall–Kier alpha value is -1.13. The highest BCUT2D eigenvalue weighted by molar-refractivity contribution is 7.98.